The molecule has 1 saturated carbocycles. The average molecular weight is 341 g/mol. The summed E-state index contributed by atoms with van der Waals surface area (Å²) in [5.41, 5.74) is 2.06. The molecule has 2 aliphatic rings. The Morgan fingerprint density at radius 1 is 1.16 bits per heavy atom. The Morgan fingerprint density at radius 3 is 2.68 bits per heavy atom. The SMILES string of the molecule is COc1ccc([C@@H]2CC(=O)Nc3c2cnn3C2CCCC2)c(OC)c1. The maximum atomic E-state index is 12.4. The van der Waals surface area contributed by atoms with Gasteiger partial charge in [-0.25, -0.2) is 4.68 Å². The van der Waals surface area contributed by atoms with Crippen molar-refractivity contribution >= 4 is 11.7 Å². The van der Waals surface area contributed by atoms with E-state index in [1.165, 1.54) is 12.8 Å². The second kappa shape index (κ2) is 6.43. The lowest BCUT2D eigenvalue weighted by Gasteiger charge is -2.26. The second-order valence-electron chi connectivity index (χ2n) is 6.74. The number of benzene rings is 1. The van der Waals surface area contributed by atoms with Gasteiger partial charge in [-0.1, -0.05) is 18.9 Å². The standard InChI is InChI=1S/C19H23N3O3/c1-24-13-7-8-14(17(9-13)25-2)15-10-18(23)21-19-16(15)11-20-22(19)12-5-3-4-6-12/h7-9,11-12,15H,3-6,10H2,1-2H3,(H,21,23)/t15-/m0/s1. The summed E-state index contributed by atoms with van der Waals surface area (Å²) in [7, 11) is 3.27. The quantitative estimate of drug-likeness (QED) is 0.924. The molecule has 6 heteroatoms. The van der Waals surface area contributed by atoms with Crippen LogP contribution in [0.25, 0.3) is 0 Å². The van der Waals surface area contributed by atoms with Gasteiger partial charge in [0.25, 0.3) is 0 Å². The fourth-order valence-corrected chi connectivity index (χ4v) is 4.05. The smallest absolute Gasteiger partial charge is 0.226 e. The summed E-state index contributed by atoms with van der Waals surface area (Å²) < 4.78 is 12.9. The van der Waals surface area contributed by atoms with Crippen LogP contribution in [0.4, 0.5) is 5.82 Å². The summed E-state index contributed by atoms with van der Waals surface area (Å²) in [5, 5.41) is 7.66. The zero-order valence-electron chi connectivity index (χ0n) is 14.6. The van der Waals surface area contributed by atoms with Crippen LogP contribution >= 0.6 is 0 Å². The van der Waals surface area contributed by atoms with E-state index in [0.29, 0.717) is 12.5 Å². The zero-order valence-corrected chi connectivity index (χ0v) is 14.6. The maximum absolute atomic E-state index is 12.4. The van der Waals surface area contributed by atoms with Crippen LogP contribution in [0.5, 0.6) is 11.5 Å². The van der Waals surface area contributed by atoms with E-state index in [0.717, 1.165) is 41.3 Å². The molecule has 1 aliphatic carbocycles. The van der Waals surface area contributed by atoms with Crippen LogP contribution < -0.4 is 14.8 Å². The van der Waals surface area contributed by atoms with E-state index in [4.69, 9.17) is 9.47 Å². The average Bonchev–Trinajstić information content (AvgIpc) is 3.29. The van der Waals surface area contributed by atoms with Crippen LogP contribution in [0.15, 0.2) is 24.4 Å². The molecule has 0 unspecified atom stereocenters. The molecule has 4 rings (SSSR count). The third-order valence-corrected chi connectivity index (χ3v) is 5.33. The van der Waals surface area contributed by atoms with Gasteiger partial charge in [0.15, 0.2) is 0 Å². The van der Waals surface area contributed by atoms with E-state index in [1.54, 1.807) is 14.2 Å². The number of fused-ring (bicyclic) bond motifs is 1. The third-order valence-electron chi connectivity index (χ3n) is 5.33. The highest BCUT2D eigenvalue weighted by Gasteiger charge is 2.33. The Labute approximate surface area is 147 Å². The predicted octanol–water partition coefficient (Wildman–Crippen LogP) is 3.49. The molecule has 0 saturated heterocycles. The Bertz CT molecular complexity index is 793. The number of carbonyl (C=O) groups is 1. The van der Waals surface area contributed by atoms with E-state index in [-0.39, 0.29) is 11.8 Å². The third kappa shape index (κ3) is 2.75. The molecular formula is C19H23N3O3. The summed E-state index contributed by atoms with van der Waals surface area (Å²) >= 11 is 0. The molecule has 1 aliphatic heterocycles. The monoisotopic (exact) mass is 341 g/mol. The zero-order chi connectivity index (χ0) is 17.4. The van der Waals surface area contributed by atoms with Crippen LogP contribution in [0.3, 0.4) is 0 Å². The largest absolute Gasteiger partial charge is 0.497 e. The lowest BCUT2D eigenvalue weighted by atomic mass is 9.86. The van der Waals surface area contributed by atoms with Crippen molar-refractivity contribution in [3.8, 4) is 11.5 Å². The molecule has 1 atom stereocenters. The molecule has 1 amide bonds. The van der Waals surface area contributed by atoms with Crippen LogP contribution in [-0.2, 0) is 4.79 Å². The summed E-state index contributed by atoms with van der Waals surface area (Å²) in [6.07, 6.45) is 7.00. The number of hydrogen-bond donors (Lipinski definition) is 1. The van der Waals surface area contributed by atoms with Crippen molar-refractivity contribution in [2.75, 3.05) is 19.5 Å². The number of carbonyl (C=O) groups excluding carboxylic acids is 1. The molecule has 0 spiro atoms. The minimum absolute atomic E-state index is 0.0233. The van der Waals surface area contributed by atoms with Gasteiger partial charge in [0.1, 0.15) is 17.3 Å². The lowest BCUT2D eigenvalue weighted by molar-refractivity contribution is -0.116. The fraction of sp³-hybridized carbons (Fsp3) is 0.474. The topological polar surface area (TPSA) is 65.4 Å². The van der Waals surface area contributed by atoms with E-state index in [2.05, 4.69) is 10.4 Å². The predicted molar refractivity (Wildman–Crippen MR) is 94.4 cm³/mol. The minimum Gasteiger partial charge on any atom is -0.497 e. The van der Waals surface area contributed by atoms with Crippen LogP contribution in [0.1, 0.15) is 55.2 Å². The van der Waals surface area contributed by atoms with Crippen molar-refractivity contribution in [3.63, 3.8) is 0 Å². The van der Waals surface area contributed by atoms with E-state index < -0.39 is 0 Å². The molecule has 1 aromatic carbocycles. The van der Waals surface area contributed by atoms with E-state index in [1.807, 2.05) is 29.1 Å². The van der Waals surface area contributed by atoms with E-state index in [9.17, 15) is 4.79 Å². The summed E-state index contributed by atoms with van der Waals surface area (Å²) in [6.45, 7) is 0. The van der Waals surface area contributed by atoms with Gasteiger partial charge in [-0.2, -0.15) is 5.10 Å². The first-order valence-electron chi connectivity index (χ1n) is 8.80. The number of rotatable bonds is 4. The van der Waals surface area contributed by atoms with E-state index >= 15 is 0 Å². The number of hydrogen-bond acceptors (Lipinski definition) is 4. The van der Waals surface area contributed by atoms with Crippen molar-refractivity contribution in [2.45, 2.75) is 44.1 Å². The number of ether oxygens (including phenoxy) is 2. The number of aromatic nitrogens is 2. The van der Waals surface area contributed by atoms with Crippen LogP contribution in [-0.4, -0.2) is 29.9 Å². The molecule has 0 radical (unpaired) electrons. The van der Waals surface area contributed by atoms with Gasteiger partial charge in [-0.3, -0.25) is 4.79 Å². The second-order valence-corrected chi connectivity index (χ2v) is 6.74. The molecular weight excluding hydrogens is 318 g/mol. The molecule has 2 aromatic rings. The molecule has 0 bridgehead atoms. The first kappa shape index (κ1) is 16.0. The van der Waals surface area contributed by atoms with Crippen molar-refractivity contribution in [1.82, 2.24) is 9.78 Å². The van der Waals surface area contributed by atoms with Gasteiger partial charge in [-0.15, -0.1) is 0 Å². The van der Waals surface area contributed by atoms with Gasteiger partial charge >= 0.3 is 0 Å². The fourth-order valence-electron chi connectivity index (χ4n) is 4.05. The van der Waals surface area contributed by atoms with Crippen molar-refractivity contribution in [1.29, 1.82) is 0 Å². The van der Waals surface area contributed by atoms with Gasteiger partial charge in [0.2, 0.25) is 5.91 Å². The number of nitrogens with zero attached hydrogens (tertiary/aromatic N) is 2. The Hall–Kier alpha value is -2.50. The molecule has 2 heterocycles. The lowest BCUT2D eigenvalue weighted by Crippen LogP contribution is -2.25. The first-order valence-corrected chi connectivity index (χ1v) is 8.80. The number of anilines is 1. The van der Waals surface area contributed by atoms with Gasteiger partial charge < -0.3 is 14.8 Å². The normalized spacial score (nSPS) is 20.2. The van der Waals surface area contributed by atoms with Crippen molar-refractivity contribution in [3.05, 3.63) is 35.5 Å². The Kier molecular flexibility index (Phi) is 4.11. The Balaban J connectivity index is 1.77. The van der Waals surface area contributed by atoms with Gasteiger partial charge in [0, 0.05) is 29.5 Å². The van der Waals surface area contributed by atoms with Crippen molar-refractivity contribution in [2.24, 2.45) is 0 Å². The van der Waals surface area contributed by atoms with Crippen molar-refractivity contribution < 1.29 is 14.3 Å². The molecule has 1 fully saturated rings. The molecule has 6 nitrogen and oxygen atoms in total. The highest BCUT2D eigenvalue weighted by molar-refractivity contribution is 5.94. The Morgan fingerprint density at radius 2 is 1.96 bits per heavy atom. The molecule has 132 valence electrons. The van der Waals surface area contributed by atoms with Crippen LogP contribution in [0, 0.1) is 0 Å². The maximum Gasteiger partial charge on any atom is 0.226 e. The number of nitrogens with one attached hydrogen (secondary N) is 1. The highest BCUT2D eigenvalue weighted by Crippen LogP contribution is 2.43. The van der Waals surface area contributed by atoms with Gasteiger partial charge in [-0.05, 0) is 18.9 Å². The van der Waals surface area contributed by atoms with Gasteiger partial charge in [0.05, 0.1) is 26.5 Å². The summed E-state index contributed by atoms with van der Waals surface area (Å²) in [4.78, 5) is 12.4. The number of methoxy groups -OCH3 is 2. The molecule has 25 heavy (non-hydrogen) atoms. The molecule has 1 aromatic heterocycles. The summed E-state index contributed by atoms with van der Waals surface area (Å²) in [5.74, 6) is 2.29. The minimum atomic E-state index is -0.0558. The number of amides is 1. The van der Waals surface area contributed by atoms with Crippen LogP contribution in [0.2, 0.25) is 0 Å². The molecule has 1 N–H and O–H groups in total. The first-order chi connectivity index (χ1) is 12.2. The summed E-state index contributed by atoms with van der Waals surface area (Å²) in [6, 6.07) is 6.15. The highest BCUT2D eigenvalue weighted by atomic mass is 16.5.